The predicted molar refractivity (Wildman–Crippen MR) is 59.7 cm³/mol. The molecule has 1 aliphatic carbocycles. The quantitative estimate of drug-likeness (QED) is 0.794. The third-order valence-corrected chi connectivity index (χ3v) is 3.01. The standard InChI is InChI=1S/C11H15N3O2/c15-10-5-9(12-8-3-4-16-6-8)13-11(14-10)7-1-2-7/h5,7-8H,1-4,6H2,(H2,12,13,14,15). The third kappa shape index (κ3) is 2.09. The summed E-state index contributed by atoms with van der Waals surface area (Å²) in [5, 5.41) is 3.25. The fourth-order valence-electron chi connectivity index (χ4n) is 1.96. The van der Waals surface area contributed by atoms with Gasteiger partial charge in [-0.25, -0.2) is 4.98 Å². The lowest BCUT2D eigenvalue weighted by Crippen LogP contribution is -2.22. The van der Waals surface area contributed by atoms with Gasteiger partial charge in [-0.3, -0.25) is 4.79 Å². The second kappa shape index (κ2) is 3.90. The van der Waals surface area contributed by atoms with Crippen LogP contribution in [0.5, 0.6) is 0 Å². The lowest BCUT2D eigenvalue weighted by atomic mass is 10.2. The van der Waals surface area contributed by atoms with Crippen molar-refractivity contribution in [3.8, 4) is 0 Å². The first kappa shape index (κ1) is 9.84. The van der Waals surface area contributed by atoms with E-state index in [4.69, 9.17) is 4.74 Å². The zero-order chi connectivity index (χ0) is 11.0. The number of nitrogens with zero attached hydrogens (tertiary/aromatic N) is 1. The Kier molecular flexibility index (Phi) is 2.40. The molecule has 0 radical (unpaired) electrons. The van der Waals surface area contributed by atoms with Crippen LogP contribution in [0.25, 0.3) is 0 Å². The Bertz CT molecular complexity index is 433. The molecule has 2 aliphatic rings. The Morgan fingerprint density at radius 3 is 3.00 bits per heavy atom. The number of ether oxygens (including phenoxy) is 1. The number of anilines is 1. The fourth-order valence-corrected chi connectivity index (χ4v) is 1.96. The molecule has 5 heteroatoms. The van der Waals surface area contributed by atoms with Crippen LogP contribution in [0.2, 0.25) is 0 Å². The van der Waals surface area contributed by atoms with Gasteiger partial charge < -0.3 is 15.0 Å². The molecule has 1 aromatic heterocycles. The van der Waals surface area contributed by atoms with Gasteiger partial charge in [0, 0.05) is 18.6 Å². The molecule has 86 valence electrons. The molecular formula is C11H15N3O2. The summed E-state index contributed by atoms with van der Waals surface area (Å²) in [6, 6.07) is 1.81. The van der Waals surface area contributed by atoms with E-state index in [-0.39, 0.29) is 5.56 Å². The van der Waals surface area contributed by atoms with Gasteiger partial charge in [-0.1, -0.05) is 0 Å². The maximum Gasteiger partial charge on any atom is 0.252 e. The first-order valence-corrected chi connectivity index (χ1v) is 5.77. The average molecular weight is 221 g/mol. The molecule has 0 bridgehead atoms. The van der Waals surface area contributed by atoms with Crippen LogP contribution in [0.15, 0.2) is 10.9 Å². The number of H-pyrrole nitrogens is 1. The van der Waals surface area contributed by atoms with Gasteiger partial charge in [-0.2, -0.15) is 0 Å². The lowest BCUT2D eigenvalue weighted by Gasteiger charge is -2.11. The van der Waals surface area contributed by atoms with Gasteiger partial charge in [0.15, 0.2) is 0 Å². The predicted octanol–water partition coefficient (Wildman–Crippen LogP) is 0.848. The Labute approximate surface area is 93.2 Å². The summed E-state index contributed by atoms with van der Waals surface area (Å²) in [4.78, 5) is 18.7. The van der Waals surface area contributed by atoms with Gasteiger partial charge in [0.25, 0.3) is 5.56 Å². The first-order chi connectivity index (χ1) is 7.81. The van der Waals surface area contributed by atoms with Gasteiger partial charge >= 0.3 is 0 Å². The summed E-state index contributed by atoms with van der Waals surface area (Å²) in [6.45, 7) is 1.49. The van der Waals surface area contributed by atoms with E-state index in [2.05, 4.69) is 15.3 Å². The molecule has 3 rings (SSSR count). The van der Waals surface area contributed by atoms with E-state index in [1.165, 1.54) is 6.07 Å². The molecule has 1 saturated carbocycles. The second-order valence-electron chi connectivity index (χ2n) is 4.49. The van der Waals surface area contributed by atoms with Crippen LogP contribution in [0.1, 0.15) is 31.0 Å². The van der Waals surface area contributed by atoms with Crippen molar-refractivity contribution in [2.24, 2.45) is 0 Å². The third-order valence-electron chi connectivity index (χ3n) is 3.01. The molecule has 16 heavy (non-hydrogen) atoms. The number of hydrogen-bond acceptors (Lipinski definition) is 4. The summed E-state index contributed by atoms with van der Waals surface area (Å²) in [7, 11) is 0. The van der Waals surface area contributed by atoms with Crippen molar-refractivity contribution >= 4 is 5.82 Å². The molecule has 2 fully saturated rings. The van der Waals surface area contributed by atoms with Crippen LogP contribution >= 0.6 is 0 Å². The summed E-state index contributed by atoms with van der Waals surface area (Å²) >= 11 is 0. The summed E-state index contributed by atoms with van der Waals surface area (Å²) in [5.74, 6) is 1.98. The average Bonchev–Trinajstić information content (AvgIpc) is 2.98. The van der Waals surface area contributed by atoms with E-state index < -0.39 is 0 Å². The number of nitrogens with one attached hydrogen (secondary N) is 2. The SMILES string of the molecule is O=c1cc(NC2CCOC2)nc(C2CC2)[nH]1. The minimum Gasteiger partial charge on any atom is -0.379 e. The van der Waals surface area contributed by atoms with E-state index in [0.717, 1.165) is 31.7 Å². The Balaban J connectivity index is 1.79. The molecule has 2 N–H and O–H groups in total. The molecule has 0 amide bonds. The zero-order valence-corrected chi connectivity index (χ0v) is 9.03. The van der Waals surface area contributed by atoms with Gasteiger partial charge in [-0.15, -0.1) is 0 Å². The molecule has 1 saturated heterocycles. The maximum absolute atomic E-state index is 11.5. The lowest BCUT2D eigenvalue weighted by molar-refractivity contribution is 0.195. The van der Waals surface area contributed by atoms with Crippen molar-refractivity contribution < 1.29 is 4.74 Å². The van der Waals surface area contributed by atoms with Crippen molar-refractivity contribution in [1.82, 2.24) is 9.97 Å². The highest BCUT2D eigenvalue weighted by Gasteiger charge is 2.26. The normalized spacial score (nSPS) is 24.6. The molecule has 1 aliphatic heterocycles. The monoisotopic (exact) mass is 221 g/mol. The summed E-state index contributed by atoms with van der Waals surface area (Å²) in [5.41, 5.74) is -0.0710. The van der Waals surface area contributed by atoms with Crippen molar-refractivity contribution in [3.63, 3.8) is 0 Å². The van der Waals surface area contributed by atoms with Crippen LogP contribution in [0.3, 0.4) is 0 Å². The molecule has 5 nitrogen and oxygen atoms in total. The van der Waals surface area contributed by atoms with Crippen LogP contribution in [0, 0.1) is 0 Å². The summed E-state index contributed by atoms with van der Waals surface area (Å²) < 4.78 is 5.27. The Hall–Kier alpha value is -1.36. The van der Waals surface area contributed by atoms with E-state index in [1.807, 2.05) is 0 Å². The smallest absolute Gasteiger partial charge is 0.252 e. The van der Waals surface area contributed by atoms with E-state index >= 15 is 0 Å². The first-order valence-electron chi connectivity index (χ1n) is 5.77. The molecule has 0 aromatic carbocycles. The number of aromatic amines is 1. The largest absolute Gasteiger partial charge is 0.379 e. The van der Waals surface area contributed by atoms with Crippen LogP contribution in [0.4, 0.5) is 5.82 Å². The fraction of sp³-hybridized carbons (Fsp3) is 0.636. The maximum atomic E-state index is 11.5. The van der Waals surface area contributed by atoms with Crippen LogP contribution in [-0.2, 0) is 4.74 Å². The van der Waals surface area contributed by atoms with E-state index in [9.17, 15) is 4.79 Å². The number of rotatable bonds is 3. The molecule has 1 unspecified atom stereocenters. The van der Waals surface area contributed by atoms with Gasteiger partial charge in [0.1, 0.15) is 11.6 Å². The van der Waals surface area contributed by atoms with Crippen molar-refractivity contribution in [2.45, 2.75) is 31.2 Å². The Morgan fingerprint density at radius 2 is 2.31 bits per heavy atom. The minimum atomic E-state index is -0.0710. The molecule has 0 spiro atoms. The van der Waals surface area contributed by atoms with Crippen molar-refractivity contribution in [3.05, 3.63) is 22.2 Å². The van der Waals surface area contributed by atoms with Gasteiger partial charge in [0.2, 0.25) is 0 Å². The van der Waals surface area contributed by atoms with Crippen molar-refractivity contribution in [2.75, 3.05) is 18.5 Å². The molecule has 1 atom stereocenters. The highest BCUT2D eigenvalue weighted by atomic mass is 16.5. The van der Waals surface area contributed by atoms with Crippen LogP contribution < -0.4 is 10.9 Å². The van der Waals surface area contributed by atoms with Gasteiger partial charge in [0.05, 0.1) is 12.6 Å². The second-order valence-corrected chi connectivity index (χ2v) is 4.49. The highest BCUT2D eigenvalue weighted by molar-refractivity contribution is 5.35. The topological polar surface area (TPSA) is 67.0 Å². The van der Waals surface area contributed by atoms with Gasteiger partial charge in [-0.05, 0) is 19.3 Å². The van der Waals surface area contributed by atoms with Crippen LogP contribution in [-0.4, -0.2) is 29.2 Å². The van der Waals surface area contributed by atoms with Crippen molar-refractivity contribution in [1.29, 1.82) is 0 Å². The summed E-state index contributed by atoms with van der Waals surface area (Å²) in [6.07, 6.45) is 3.26. The van der Waals surface area contributed by atoms with E-state index in [0.29, 0.717) is 24.4 Å². The zero-order valence-electron chi connectivity index (χ0n) is 9.03. The molecular weight excluding hydrogens is 206 g/mol. The number of hydrogen-bond donors (Lipinski definition) is 2. The van der Waals surface area contributed by atoms with E-state index in [1.54, 1.807) is 0 Å². The Morgan fingerprint density at radius 1 is 1.44 bits per heavy atom. The molecule has 2 heterocycles. The minimum absolute atomic E-state index is 0.0710. The molecule has 1 aromatic rings. The highest BCUT2D eigenvalue weighted by Crippen LogP contribution is 2.37. The number of aromatic nitrogens is 2.